The summed E-state index contributed by atoms with van der Waals surface area (Å²) in [6.07, 6.45) is 1.04. The maximum Gasteiger partial charge on any atom is 0.421 e. The largest absolute Gasteiger partial charge is 0.494 e. The molecule has 11 nitrogen and oxygen atoms in total. The Labute approximate surface area is 295 Å². The number of carbonyl (C=O) groups is 2. The van der Waals surface area contributed by atoms with Crippen LogP contribution in [0.1, 0.15) is 53.6 Å². The molecule has 2 heterocycles. The summed E-state index contributed by atoms with van der Waals surface area (Å²) in [7, 11) is 5.09. The van der Waals surface area contributed by atoms with Gasteiger partial charge in [-0.3, -0.25) is 9.59 Å². The fourth-order valence-electron chi connectivity index (χ4n) is 9.08. The fourth-order valence-corrected chi connectivity index (χ4v) is 9.08. The minimum absolute atomic E-state index is 0.0871. The van der Waals surface area contributed by atoms with Crippen molar-refractivity contribution in [3.05, 3.63) is 59.3 Å². The predicted octanol–water partition coefficient (Wildman–Crippen LogP) is 6.04. The molecule has 14 heteroatoms. The first kappa shape index (κ1) is 34.8. The SMILES string of the molecule is CNC(=O)c1cccc(C)c1Nc1nc(Nc2ccc(NC3C4CC5CC3CC(C(=O)N3CCN(C)CC3)(C5)C4)cc2OC)ncc1C(F)(F)F. The number of methoxy groups -OCH3 is 1. The van der Waals surface area contributed by atoms with Crippen LogP contribution in [-0.2, 0) is 11.0 Å². The number of piperazine rings is 1. The van der Waals surface area contributed by atoms with Crippen LogP contribution in [0.3, 0.4) is 0 Å². The van der Waals surface area contributed by atoms with E-state index in [1.165, 1.54) is 20.2 Å². The van der Waals surface area contributed by atoms with Crippen molar-refractivity contribution in [1.82, 2.24) is 25.1 Å². The minimum atomic E-state index is -4.75. The lowest BCUT2D eigenvalue weighted by atomic mass is 9.47. The van der Waals surface area contributed by atoms with Crippen LogP contribution in [0.2, 0.25) is 0 Å². The summed E-state index contributed by atoms with van der Waals surface area (Å²) >= 11 is 0. The summed E-state index contributed by atoms with van der Waals surface area (Å²) in [5, 5.41) is 12.1. The second kappa shape index (κ2) is 13.5. The van der Waals surface area contributed by atoms with Gasteiger partial charge in [0.1, 0.15) is 17.1 Å². The van der Waals surface area contributed by atoms with Gasteiger partial charge in [0.25, 0.3) is 5.91 Å². The molecular weight excluding hydrogens is 661 g/mol. The molecule has 4 saturated carbocycles. The first-order valence-electron chi connectivity index (χ1n) is 17.6. The van der Waals surface area contributed by atoms with Crippen LogP contribution >= 0.6 is 0 Å². The van der Waals surface area contributed by atoms with Gasteiger partial charge in [-0.1, -0.05) is 12.1 Å². The average Bonchev–Trinajstić information content (AvgIpc) is 3.10. The smallest absolute Gasteiger partial charge is 0.421 e. The quantitative estimate of drug-likeness (QED) is 0.211. The summed E-state index contributed by atoms with van der Waals surface area (Å²) in [6, 6.07) is 10.7. The molecule has 0 radical (unpaired) electrons. The number of aromatic nitrogens is 2. The second-order valence-corrected chi connectivity index (χ2v) is 14.7. The molecule has 2 atom stereocenters. The number of nitrogens with one attached hydrogen (secondary N) is 4. The first-order chi connectivity index (χ1) is 24.4. The normalized spacial score (nSPS) is 25.7. The van der Waals surface area contributed by atoms with E-state index < -0.39 is 23.5 Å². The van der Waals surface area contributed by atoms with Gasteiger partial charge in [-0.25, -0.2) is 4.98 Å². The number of halogens is 3. The maximum atomic E-state index is 14.1. The molecule has 1 aliphatic heterocycles. The Bertz CT molecular complexity index is 1800. The number of carbonyl (C=O) groups excluding carboxylic acids is 2. The van der Waals surface area contributed by atoms with Gasteiger partial charge in [0.15, 0.2) is 0 Å². The highest BCUT2D eigenvalue weighted by Crippen LogP contribution is 2.61. The van der Waals surface area contributed by atoms with E-state index in [1.54, 1.807) is 25.1 Å². The van der Waals surface area contributed by atoms with Gasteiger partial charge in [0.05, 0.1) is 29.5 Å². The molecule has 272 valence electrons. The van der Waals surface area contributed by atoms with Gasteiger partial charge in [-0.15, -0.1) is 0 Å². The van der Waals surface area contributed by atoms with Crippen molar-refractivity contribution in [2.75, 3.05) is 63.3 Å². The fraction of sp³-hybridized carbons (Fsp3) is 0.514. The van der Waals surface area contributed by atoms with E-state index in [0.717, 1.165) is 64.0 Å². The Balaban J connectivity index is 1.09. The topological polar surface area (TPSA) is 124 Å². The number of likely N-dealkylation sites (N-methyl/N-ethyl adjacent to an activating group) is 1. The van der Waals surface area contributed by atoms with Gasteiger partial charge in [0.2, 0.25) is 11.9 Å². The molecule has 2 amide bonds. The number of hydrogen-bond acceptors (Lipinski definition) is 9. The molecular formula is C37H45F3N8O3. The number of para-hydroxylation sites is 1. The van der Waals surface area contributed by atoms with E-state index in [1.807, 2.05) is 12.1 Å². The molecule has 8 rings (SSSR count). The molecule has 2 unspecified atom stereocenters. The number of nitrogens with zero attached hydrogens (tertiary/aromatic N) is 4. The van der Waals surface area contributed by atoms with Crippen molar-refractivity contribution < 1.29 is 27.5 Å². The average molecular weight is 707 g/mol. The van der Waals surface area contributed by atoms with E-state index in [0.29, 0.717) is 46.9 Å². The third-order valence-electron chi connectivity index (χ3n) is 11.4. The van der Waals surface area contributed by atoms with E-state index in [2.05, 4.69) is 48.1 Å². The first-order valence-corrected chi connectivity index (χ1v) is 17.6. The van der Waals surface area contributed by atoms with Gasteiger partial charge >= 0.3 is 6.18 Å². The zero-order valence-corrected chi connectivity index (χ0v) is 29.4. The molecule has 1 saturated heterocycles. The molecule has 5 fully saturated rings. The Morgan fingerprint density at radius 2 is 1.73 bits per heavy atom. The summed E-state index contributed by atoms with van der Waals surface area (Å²) in [5.41, 5.74) is 0.975. The Hall–Kier alpha value is -4.59. The highest BCUT2D eigenvalue weighted by molar-refractivity contribution is 6.01. The van der Waals surface area contributed by atoms with Crippen LogP contribution < -0.4 is 26.0 Å². The van der Waals surface area contributed by atoms with E-state index >= 15 is 0 Å². The van der Waals surface area contributed by atoms with Crippen molar-refractivity contribution in [2.45, 2.75) is 51.2 Å². The number of benzene rings is 2. The van der Waals surface area contributed by atoms with Crippen LogP contribution in [0, 0.1) is 30.1 Å². The Morgan fingerprint density at radius 1 is 1.00 bits per heavy atom. The van der Waals surface area contributed by atoms with E-state index in [9.17, 15) is 22.8 Å². The number of aryl methyl sites for hydroxylation is 1. The van der Waals surface area contributed by atoms with Gasteiger partial charge in [-0.2, -0.15) is 18.2 Å². The molecule has 0 spiro atoms. The highest BCUT2D eigenvalue weighted by Gasteiger charge is 2.59. The molecule has 4 N–H and O–H groups in total. The standard InChI is InChI=1S/C37H45F3N8O3/c1-21-6-5-7-26(33(49)41-2)30(21)45-32-27(37(38,39)40)20-42-35(46-32)44-28-9-8-25(16-29(28)51-4)43-31-23-14-22-15-24(31)19-36(17-22,18-23)34(50)48-12-10-47(3)11-13-48/h5-9,16,20,22-24,31,43H,10-15,17-19H2,1-4H3,(H,41,49)(H2,42,44,45,46). The van der Waals surface area contributed by atoms with E-state index in [4.69, 9.17) is 4.74 Å². The van der Waals surface area contributed by atoms with Gasteiger partial charge in [0, 0.05) is 57.2 Å². The van der Waals surface area contributed by atoms with Gasteiger partial charge in [-0.05, 0) is 87.6 Å². The van der Waals surface area contributed by atoms with Crippen molar-refractivity contribution >= 4 is 40.6 Å². The van der Waals surface area contributed by atoms with Crippen LogP contribution in [0.5, 0.6) is 5.75 Å². The molecule has 3 aromatic rings. The molecule has 1 aromatic heterocycles. The predicted molar refractivity (Wildman–Crippen MR) is 189 cm³/mol. The molecule has 51 heavy (non-hydrogen) atoms. The number of hydrogen-bond donors (Lipinski definition) is 4. The summed E-state index contributed by atoms with van der Waals surface area (Å²) in [5.74, 6) is 1.18. The van der Waals surface area contributed by atoms with Crippen molar-refractivity contribution in [3.63, 3.8) is 0 Å². The Kier molecular flexibility index (Phi) is 9.23. The van der Waals surface area contributed by atoms with Gasteiger partial charge < -0.3 is 35.8 Å². The maximum absolute atomic E-state index is 14.1. The van der Waals surface area contributed by atoms with Crippen LogP contribution in [0.4, 0.5) is 42.0 Å². The highest BCUT2D eigenvalue weighted by atomic mass is 19.4. The van der Waals surface area contributed by atoms with Crippen molar-refractivity contribution in [3.8, 4) is 5.75 Å². The second-order valence-electron chi connectivity index (χ2n) is 14.7. The molecule has 2 aromatic carbocycles. The molecule has 4 bridgehead atoms. The Morgan fingerprint density at radius 3 is 2.39 bits per heavy atom. The summed E-state index contributed by atoms with van der Waals surface area (Å²) in [4.78, 5) is 39.0. The van der Waals surface area contributed by atoms with Crippen LogP contribution in [0.25, 0.3) is 0 Å². The van der Waals surface area contributed by atoms with Crippen molar-refractivity contribution in [1.29, 1.82) is 0 Å². The summed E-state index contributed by atoms with van der Waals surface area (Å²) < 4.78 is 48.0. The third kappa shape index (κ3) is 6.77. The molecule has 4 aliphatic carbocycles. The zero-order valence-electron chi connectivity index (χ0n) is 29.4. The number of rotatable bonds is 9. The molecule has 5 aliphatic rings. The zero-order chi connectivity index (χ0) is 36.1. The number of amides is 2. The van der Waals surface area contributed by atoms with E-state index in [-0.39, 0.29) is 28.7 Å². The number of ether oxygens (including phenoxy) is 1. The third-order valence-corrected chi connectivity index (χ3v) is 11.4. The van der Waals surface area contributed by atoms with Crippen molar-refractivity contribution in [2.24, 2.45) is 23.2 Å². The van der Waals surface area contributed by atoms with Crippen LogP contribution in [0.15, 0.2) is 42.6 Å². The minimum Gasteiger partial charge on any atom is -0.494 e. The lowest BCUT2D eigenvalue weighted by molar-refractivity contribution is -0.160. The summed E-state index contributed by atoms with van der Waals surface area (Å²) in [6.45, 7) is 5.15. The number of alkyl halides is 3. The number of anilines is 5. The monoisotopic (exact) mass is 706 g/mol. The lowest BCUT2D eigenvalue weighted by Crippen LogP contribution is -2.62. The lowest BCUT2D eigenvalue weighted by Gasteiger charge is -2.60. The van der Waals surface area contributed by atoms with Crippen LogP contribution in [-0.4, -0.2) is 85.0 Å².